The van der Waals surface area contributed by atoms with Crippen molar-refractivity contribution in [3.05, 3.63) is 64.2 Å². The molecule has 190 valence electrons. The number of rotatable bonds is 8. The fourth-order valence-corrected chi connectivity index (χ4v) is 4.51. The molecule has 0 unspecified atom stereocenters. The van der Waals surface area contributed by atoms with Crippen molar-refractivity contribution in [2.45, 2.75) is 71.0 Å². The molecule has 4 rings (SSSR count). The van der Waals surface area contributed by atoms with E-state index >= 15 is 8.78 Å². The first kappa shape index (κ1) is 24.1. The van der Waals surface area contributed by atoms with Gasteiger partial charge < -0.3 is 9.64 Å². The standard InChI is InChI=1S/C27H28F2N2O5/c1-15(2)36-19-6-8-21(16(3)12-19)27(28,29)23(32)10-5-17-4-7-20-18(13-17)14-31(26(20)35)22-9-11-24(33)30-25(22)34/h4,6-8,12-13,15,22H,5,9-11,14H2,1-3H3,(H,30,33,34)/t22-/m1/s1/i22D. The normalized spacial score (nSPS) is 20.3. The summed E-state index contributed by atoms with van der Waals surface area (Å²) >= 11 is 0. The fraction of sp³-hybridized carbons (Fsp3) is 0.407. The fourth-order valence-electron chi connectivity index (χ4n) is 4.51. The van der Waals surface area contributed by atoms with Crippen LogP contribution in [0, 0.1) is 6.92 Å². The molecule has 0 spiro atoms. The minimum Gasteiger partial charge on any atom is -0.491 e. The van der Waals surface area contributed by atoms with Crippen LogP contribution in [0.3, 0.4) is 0 Å². The number of nitrogens with one attached hydrogen (secondary N) is 1. The first-order valence-electron chi connectivity index (χ1n) is 12.3. The van der Waals surface area contributed by atoms with Crippen LogP contribution < -0.4 is 10.1 Å². The number of ketones is 1. The van der Waals surface area contributed by atoms with Crippen molar-refractivity contribution in [1.82, 2.24) is 10.2 Å². The maximum absolute atomic E-state index is 15.0. The summed E-state index contributed by atoms with van der Waals surface area (Å²) in [5.74, 6) is -6.29. The molecular weight excluding hydrogens is 470 g/mol. The van der Waals surface area contributed by atoms with E-state index in [1.165, 1.54) is 31.2 Å². The van der Waals surface area contributed by atoms with E-state index in [1.54, 1.807) is 12.1 Å². The van der Waals surface area contributed by atoms with Crippen molar-refractivity contribution in [2.75, 3.05) is 0 Å². The van der Waals surface area contributed by atoms with E-state index < -0.39 is 41.9 Å². The zero-order valence-corrected chi connectivity index (χ0v) is 20.3. The Morgan fingerprint density at radius 3 is 2.64 bits per heavy atom. The van der Waals surface area contributed by atoms with Crippen molar-refractivity contribution in [2.24, 2.45) is 0 Å². The van der Waals surface area contributed by atoms with E-state index in [0.717, 1.165) is 4.90 Å². The average Bonchev–Trinajstić information content (AvgIpc) is 3.16. The van der Waals surface area contributed by atoms with Crippen LogP contribution in [-0.2, 0) is 33.3 Å². The highest BCUT2D eigenvalue weighted by molar-refractivity contribution is 6.05. The maximum atomic E-state index is 15.0. The molecule has 0 saturated carbocycles. The number of piperidine rings is 1. The molecule has 0 radical (unpaired) electrons. The minimum atomic E-state index is -3.67. The second-order valence-electron chi connectivity index (χ2n) is 9.35. The predicted molar refractivity (Wildman–Crippen MR) is 127 cm³/mol. The maximum Gasteiger partial charge on any atom is 0.330 e. The van der Waals surface area contributed by atoms with Gasteiger partial charge in [0.25, 0.3) is 5.91 Å². The number of halogens is 2. The van der Waals surface area contributed by atoms with E-state index in [0.29, 0.717) is 22.4 Å². The summed E-state index contributed by atoms with van der Waals surface area (Å²) in [5, 5.41) is 2.11. The van der Waals surface area contributed by atoms with Gasteiger partial charge in [-0.25, -0.2) is 0 Å². The Bertz CT molecular complexity index is 1300. The number of hydrogen-bond donors (Lipinski definition) is 1. The highest BCUT2D eigenvalue weighted by Crippen LogP contribution is 2.35. The van der Waals surface area contributed by atoms with Gasteiger partial charge in [0.05, 0.1) is 7.47 Å². The number of amides is 3. The number of aryl methyl sites for hydroxylation is 2. The Labute approximate surface area is 209 Å². The Morgan fingerprint density at radius 1 is 1.22 bits per heavy atom. The van der Waals surface area contributed by atoms with Crippen molar-refractivity contribution >= 4 is 23.5 Å². The summed E-state index contributed by atoms with van der Waals surface area (Å²) in [6.07, 6.45) is -0.663. The van der Waals surface area contributed by atoms with Gasteiger partial charge >= 0.3 is 5.92 Å². The summed E-state index contributed by atoms with van der Waals surface area (Å²) in [7, 11) is 0. The Balaban J connectivity index is 1.45. The van der Waals surface area contributed by atoms with Crippen molar-refractivity contribution in [1.29, 1.82) is 0 Å². The van der Waals surface area contributed by atoms with Gasteiger partial charge in [0, 0.05) is 30.5 Å². The topological polar surface area (TPSA) is 92.8 Å². The third-order valence-corrected chi connectivity index (χ3v) is 6.30. The lowest BCUT2D eigenvalue weighted by molar-refractivity contribution is -0.144. The second-order valence-corrected chi connectivity index (χ2v) is 9.35. The highest BCUT2D eigenvalue weighted by Gasteiger charge is 2.42. The average molecular weight is 500 g/mol. The molecule has 9 heteroatoms. The summed E-state index contributed by atoms with van der Waals surface area (Å²) in [5.41, 5.74) is 1.31. The number of ether oxygens (including phenoxy) is 1. The monoisotopic (exact) mass is 499 g/mol. The molecule has 1 N–H and O–H groups in total. The molecule has 2 heterocycles. The van der Waals surface area contributed by atoms with Crippen LogP contribution in [0.4, 0.5) is 8.78 Å². The van der Waals surface area contributed by atoms with Gasteiger partial charge in [-0.15, -0.1) is 0 Å². The molecule has 0 aromatic heterocycles. The van der Waals surface area contributed by atoms with E-state index in [-0.39, 0.29) is 43.0 Å². The molecule has 1 saturated heterocycles. The zero-order valence-electron chi connectivity index (χ0n) is 21.3. The van der Waals surface area contributed by atoms with Gasteiger partial charge in [0.1, 0.15) is 11.8 Å². The molecule has 2 aromatic rings. The number of hydrogen-bond acceptors (Lipinski definition) is 5. The lowest BCUT2D eigenvalue weighted by Crippen LogP contribution is -2.52. The van der Waals surface area contributed by atoms with E-state index in [2.05, 4.69) is 5.32 Å². The summed E-state index contributed by atoms with van der Waals surface area (Å²) in [6, 6.07) is 6.95. The van der Waals surface area contributed by atoms with Gasteiger partial charge in [-0.3, -0.25) is 24.5 Å². The molecule has 0 aliphatic carbocycles. The number of imide groups is 1. The molecule has 3 amide bonds. The van der Waals surface area contributed by atoms with Crippen molar-refractivity contribution in [3.63, 3.8) is 0 Å². The number of benzene rings is 2. The van der Waals surface area contributed by atoms with Gasteiger partial charge in [0.15, 0.2) is 0 Å². The summed E-state index contributed by atoms with van der Waals surface area (Å²) in [4.78, 5) is 50.4. The smallest absolute Gasteiger partial charge is 0.330 e. The molecular formula is C27H28F2N2O5. The molecule has 1 atom stereocenters. The molecule has 2 aliphatic heterocycles. The zero-order chi connectivity index (χ0) is 27.1. The van der Waals surface area contributed by atoms with Crippen LogP contribution in [0.25, 0.3) is 0 Å². The molecule has 0 bridgehead atoms. The molecule has 2 aromatic carbocycles. The lowest BCUT2D eigenvalue weighted by atomic mass is 9.95. The first-order chi connectivity index (χ1) is 17.3. The predicted octanol–water partition coefficient (Wildman–Crippen LogP) is 3.84. The second kappa shape index (κ2) is 9.79. The summed E-state index contributed by atoms with van der Waals surface area (Å²) in [6.45, 7) is 5.14. The Hall–Kier alpha value is -3.62. The Kier molecular flexibility index (Phi) is 6.55. The largest absolute Gasteiger partial charge is 0.491 e. The van der Waals surface area contributed by atoms with Gasteiger partial charge in [-0.1, -0.05) is 12.1 Å². The first-order valence-corrected chi connectivity index (χ1v) is 11.8. The molecule has 36 heavy (non-hydrogen) atoms. The van der Waals surface area contributed by atoms with Crippen LogP contribution in [0.1, 0.15) is 67.1 Å². The molecule has 1 fully saturated rings. The van der Waals surface area contributed by atoms with Crippen LogP contribution in [0.5, 0.6) is 5.75 Å². The third-order valence-electron chi connectivity index (χ3n) is 6.30. The summed E-state index contributed by atoms with van der Waals surface area (Å²) < 4.78 is 44.1. The number of nitrogens with zero attached hydrogens (tertiary/aromatic N) is 1. The van der Waals surface area contributed by atoms with E-state index in [4.69, 9.17) is 6.11 Å². The number of carbonyl (C=O) groups is 4. The van der Waals surface area contributed by atoms with E-state index in [9.17, 15) is 19.2 Å². The van der Waals surface area contributed by atoms with Gasteiger partial charge in [-0.05, 0) is 74.6 Å². The van der Waals surface area contributed by atoms with Crippen LogP contribution in [0.2, 0.25) is 0 Å². The molecule has 2 aliphatic rings. The van der Waals surface area contributed by atoms with Crippen LogP contribution >= 0.6 is 0 Å². The SMILES string of the molecule is [2H][C@@]1(N2Cc3cc(CCC(=O)C(F)(F)c4ccc(OC(C)C)cc4C)ccc3C2=O)CCC(=O)NC1=O. The van der Waals surface area contributed by atoms with Crippen LogP contribution in [0.15, 0.2) is 36.4 Å². The Morgan fingerprint density at radius 2 is 1.97 bits per heavy atom. The van der Waals surface area contributed by atoms with Gasteiger partial charge in [-0.2, -0.15) is 8.78 Å². The van der Waals surface area contributed by atoms with E-state index in [1.807, 2.05) is 13.8 Å². The van der Waals surface area contributed by atoms with Crippen molar-refractivity contribution < 1.29 is 34.1 Å². The highest BCUT2D eigenvalue weighted by atomic mass is 19.3. The number of carbonyl (C=O) groups excluding carboxylic acids is 4. The number of alkyl halides is 2. The quantitative estimate of drug-likeness (QED) is 0.558. The minimum absolute atomic E-state index is 0.0266. The molecule has 7 nitrogen and oxygen atoms in total. The van der Waals surface area contributed by atoms with Gasteiger partial charge in [0.2, 0.25) is 17.6 Å². The number of Topliss-reactive ketones (excluding diaryl/α,β-unsaturated/α-hetero) is 1. The van der Waals surface area contributed by atoms with Crippen molar-refractivity contribution in [3.8, 4) is 5.75 Å². The number of fused-ring (bicyclic) bond motifs is 1. The van der Waals surface area contributed by atoms with Crippen LogP contribution in [-0.4, -0.2) is 40.5 Å². The third kappa shape index (κ3) is 5.01. The lowest BCUT2D eigenvalue weighted by Gasteiger charge is -2.29.